The molecule has 1 heterocycles. The summed E-state index contributed by atoms with van der Waals surface area (Å²) in [6, 6.07) is 1.78. The lowest BCUT2D eigenvalue weighted by Gasteiger charge is -2.19. The fraction of sp³-hybridized carbons (Fsp3) is 0.643. The molecule has 0 bridgehead atoms. The first-order valence-electron chi connectivity index (χ1n) is 6.55. The number of furan rings is 1. The molecule has 1 saturated carbocycles. The highest BCUT2D eigenvalue weighted by Crippen LogP contribution is 2.32. The maximum Gasteiger partial charge on any atom is 0.289 e. The third-order valence-corrected chi connectivity index (χ3v) is 3.53. The molecular formula is C14H21NO3. The lowest BCUT2D eigenvalue weighted by molar-refractivity contribution is 0.0616. The molecule has 0 aromatic carbocycles. The Balaban J connectivity index is 2.00. The molecule has 0 radical (unpaired) electrons. The average Bonchev–Trinajstić information content (AvgIpc) is 3.12. The number of aliphatic hydroxyl groups excluding tert-OH is 1. The van der Waals surface area contributed by atoms with Crippen molar-refractivity contribution in [3.63, 3.8) is 0 Å². The second-order valence-electron chi connectivity index (χ2n) is 5.16. The number of aliphatic hydroxyl groups is 1. The summed E-state index contributed by atoms with van der Waals surface area (Å²) in [5, 5.41) is 9.84. The van der Waals surface area contributed by atoms with Gasteiger partial charge in [0.2, 0.25) is 0 Å². The highest BCUT2D eigenvalue weighted by Gasteiger charge is 2.31. The van der Waals surface area contributed by atoms with E-state index in [9.17, 15) is 9.90 Å². The summed E-state index contributed by atoms with van der Waals surface area (Å²) < 4.78 is 5.53. The van der Waals surface area contributed by atoms with Crippen molar-refractivity contribution in [1.29, 1.82) is 0 Å². The number of carbonyl (C=O) groups is 1. The number of amides is 1. The van der Waals surface area contributed by atoms with E-state index in [4.69, 9.17) is 4.42 Å². The zero-order valence-electron chi connectivity index (χ0n) is 11.3. The van der Waals surface area contributed by atoms with Crippen LogP contribution in [0.25, 0.3) is 0 Å². The minimum Gasteiger partial charge on any atom is -0.456 e. The molecule has 1 amide bonds. The monoisotopic (exact) mass is 251 g/mol. The van der Waals surface area contributed by atoms with Gasteiger partial charge in [-0.2, -0.15) is 0 Å². The summed E-state index contributed by atoms with van der Waals surface area (Å²) in [5.74, 6) is 1.45. The average molecular weight is 251 g/mol. The van der Waals surface area contributed by atoms with E-state index in [0.717, 1.165) is 30.6 Å². The van der Waals surface area contributed by atoms with Crippen LogP contribution in [-0.4, -0.2) is 35.6 Å². The smallest absolute Gasteiger partial charge is 0.289 e. The molecule has 4 nitrogen and oxygen atoms in total. The highest BCUT2D eigenvalue weighted by molar-refractivity contribution is 5.91. The van der Waals surface area contributed by atoms with Crippen LogP contribution in [0.3, 0.4) is 0 Å². The number of nitrogens with zero attached hydrogens (tertiary/aromatic N) is 1. The molecule has 1 N–H and O–H groups in total. The maximum absolute atomic E-state index is 12.1. The van der Waals surface area contributed by atoms with Gasteiger partial charge in [-0.05, 0) is 37.3 Å². The quantitative estimate of drug-likeness (QED) is 0.870. The molecule has 0 spiro atoms. The summed E-state index contributed by atoms with van der Waals surface area (Å²) in [6.45, 7) is 4.32. The van der Waals surface area contributed by atoms with Gasteiger partial charge in [-0.1, -0.05) is 6.92 Å². The van der Waals surface area contributed by atoms with Crippen molar-refractivity contribution in [2.75, 3.05) is 13.6 Å². The Labute approximate surface area is 108 Å². The van der Waals surface area contributed by atoms with Crippen LogP contribution in [0.1, 0.15) is 41.6 Å². The fourth-order valence-electron chi connectivity index (χ4n) is 2.16. The third-order valence-electron chi connectivity index (χ3n) is 3.53. The number of hydrogen-bond donors (Lipinski definition) is 1. The van der Waals surface area contributed by atoms with Crippen LogP contribution < -0.4 is 0 Å². The zero-order chi connectivity index (χ0) is 13.3. The van der Waals surface area contributed by atoms with Gasteiger partial charge in [0.1, 0.15) is 5.76 Å². The Kier molecular flexibility index (Phi) is 3.76. The molecule has 18 heavy (non-hydrogen) atoms. The van der Waals surface area contributed by atoms with E-state index >= 15 is 0 Å². The fourth-order valence-corrected chi connectivity index (χ4v) is 2.16. The third kappa shape index (κ3) is 2.75. The topological polar surface area (TPSA) is 53.7 Å². The molecule has 0 aliphatic heterocycles. The number of likely N-dealkylation sites (N-methyl/N-ethyl adjacent to an activating group) is 1. The first-order valence-corrected chi connectivity index (χ1v) is 6.55. The lowest BCUT2D eigenvalue weighted by atomic mass is 10.2. The van der Waals surface area contributed by atoms with Crippen molar-refractivity contribution in [3.05, 3.63) is 23.2 Å². The van der Waals surface area contributed by atoms with Gasteiger partial charge in [-0.15, -0.1) is 0 Å². The normalized spacial score (nSPS) is 16.7. The van der Waals surface area contributed by atoms with E-state index in [0.29, 0.717) is 18.2 Å². The predicted octanol–water partition coefficient (Wildman–Crippen LogP) is 1.99. The molecule has 1 unspecified atom stereocenters. The van der Waals surface area contributed by atoms with Crippen LogP contribution >= 0.6 is 0 Å². The molecule has 1 aliphatic carbocycles. The van der Waals surface area contributed by atoms with Crippen molar-refractivity contribution < 1.29 is 14.3 Å². The van der Waals surface area contributed by atoms with Crippen LogP contribution in [-0.2, 0) is 6.42 Å². The molecule has 4 heteroatoms. The molecule has 1 aliphatic rings. The second kappa shape index (κ2) is 5.14. The van der Waals surface area contributed by atoms with Crippen molar-refractivity contribution in [3.8, 4) is 0 Å². The standard InChI is InChI=1S/C14H21NO3/c1-4-12-9(2)7-13(18-12)14(17)15(3)8-11(16)10-5-6-10/h7,10-11,16H,4-6,8H2,1-3H3. The van der Waals surface area contributed by atoms with Crippen LogP contribution in [0.5, 0.6) is 0 Å². The minimum atomic E-state index is -0.402. The van der Waals surface area contributed by atoms with Gasteiger partial charge in [0, 0.05) is 20.0 Å². The largest absolute Gasteiger partial charge is 0.456 e. The van der Waals surface area contributed by atoms with E-state index in [2.05, 4.69) is 0 Å². The molecule has 2 rings (SSSR count). The lowest BCUT2D eigenvalue weighted by Crippen LogP contribution is -2.35. The number of rotatable bonds is 5. The predicted molar refractivity (Wildman–Crippen MR) is 68.5 cm³/mol. The minimum absolute atomic E-state index is 0.155. The van der Waals surface area contributed by atoms with E-state index in [-0.39, 0.29) is 5.91 Å². The van der Waals surface area contributed by atoms with Gasteiger partial charge in [-0.25, -0.2) is 0 Å². The van der Waals surface area contributed by atoms with Gasteiger partial charge in [-0.3, -0.25) is 4.79 Å². The number of hydrogen-bond acceptors (Lipinski definition) is 3. The molecule has 1 aromatic heterocycles. The summed E-state index contributed by atoms with van der Waals surface area (Å²) in [7, 11) is 1.71. The SMILES string of the molecule is CCc1oc(C(=O)N(C)CC(O)C2CC2)cc1C. The first kappa shape index (κ1) is 13.1. The molecule has 100 valence electrons. The molecular weight excluding hydrogens is 230 g/mol. The van der Waals surface area contributed by atoms with Crippen LogP contribution in [0.2, 0.25) is 0 Å². The van der Waals surface area contributed by atoms with Crippen LogP contribution in [0, 0.1) is 12.8 Å². The molecule has 1 atom stereocenters. The Hall–Kier alpha value is -1.29. The molecule has 0 saturated heterocycles. The van der Waals surface area contributed by atoms with E-state index in [1.807, 2.05) is 13.8 Å². The van der Waals surface area contributed by atoms with Crippen molar-refractivity contribution >= 4 is 5.91 Å². The van der Waals surface area contributed by atoms with Crippen molar-refractivity contribution in [1.82, 2.24) is 4.90 Å². The zero-order valence-corrected chi connectivity index (χ0v) is 11.3. The Morgan fingerprint density at radius 2 is 2.28 bits per heavy atom. The summed E-state index contributed by atoms with van der Waals surface area (Å²) in [4.78, 5) is 13.7. The first-order chi connectivity index (χ1) is 8.52. The summed E-state index contributed by atoms with van der Waals surface area (Å²) in [6.07, 6.45) is 2.53. The van der Waals surface area contributed by atoms with Gasteiger partial charge < -0.3 is 14.4 Å². The Morgan fingerprint density at radius 1 is 1.61 bits per heavy atom. The molecule has 1 aromatic rings. The van der Waals surface area contributed by atoms with E-state index < -0.39 is 6.10 Å². The van der Waals surface area contributed by atoms with Gasteiger partial charge in [0.25, 0.3) is 5.91 Å². The molecule has 1 fully saturated rings. The van der Waals surface area contributed by atoms with Crippen LogP contribution in [0.15, 0.2) is 10.5 Å². The maximum atomic E-state index is 12.1. The summed E-state index contributed by atoms with van der Waals surface area (Å²) >= 11 is 0. The second-order valence-corrected chi connectivity index (χ2v) is 5.16. The van der Waals surface area contributed by atoms with Gasteiger partial charge >= 0.3 is 0 Å². The van der Waals surface area contributed by atoms with E-state index in [1.165, 1.54) is 0 Å². The number of aryl methyl sites for hydroxylation is 2. The van der Waals surface area contributed by atoms with Crippen LogP contribution in [0.4, 0.5) is 0 Å². The van der Waals surface area contributed by atoms with Gasteiger partial charge in [0.15, 0.2) is 5.76 Å². The van der Waals surface area contributed by atoms with Crippen molar-refractivity contribution in [2.45, 2.75) is 39.2 Å². The Bertz CT molecular complexity index is 434. The van der Waals surface area contributed by atoms with Crippen molar-refractivity contribution in [2.24, 2.45) is 5.92 Å². The van der Waals surface area contributed by atoms with Gasteiger partial charge in [0.05, 0.1) is 6.10 Å². The summed E-state index contributed by atoms with van der Waals surface area (Å²) in [5.41, 5.74) is 1.01. The number of carbonyl (C=O) groups excluding carboxylic acids is 1. The Morgan fingerprint density at radius 3 is 2.78 bits per heavy atom. The van der Waals surface area contributed by atoms with E-state index in [1.54, 1.807) is 18.0 Å². The highest BCUT2D eigenvalue weighted by atomic mass is 16.4.